The Bertz CT molecular complexity index is 547. The minimum Gasteiger partial charge on any atom is -0.424 e. The number of hydrogen-bond donors (Lipinski definition) is 0. The van der Waals surface area contributed by atoms with Crippen molar-refractivity contribution in [1.29, 1.82) is 0 Å². The van der Waals surface area contributed by atoms with Gasteiger partial charge in [0.2, 0.25) is 0 Å². The molecule has 0 aliphatic rings. The summed E-state index contributed by atoms with van der Waals surface area (Å²) < 4.78 is 23.7. The van der Waals surface area contributed by atoms with Gasteiger partial charge in [-0.2, -0.15) is 0 Å². The summed E-state index contributed by atoms with van der Waals surface area (Å²) >= 11 is 0. The number of nitro groups is 1. The van der Waals surface area contributed by atoms with Gasteiger partial charge in [-0.3, -0.25) is 10.1 Å². The molecule has 0 radical (unpaired) electrons. The van der Waals surface area contributed by atoms with E-state index in [9.17, 15) is 14.7 Å². The van der Waals surface area contributed by atoms with Crippen molar-refractivity contribution >= 4 is 13.3 Å². The molecular formula is C18H30NO5P. The Morgan fingerprint density at radius 2 is 1.52 bits per heavy atom. The van der Waals surface area contributed by atoms with Crippen LogP contribution in [0.25, 0.3) is 0 Å². The molecule has 0 spiro atoms. The minimum atomic E-state index is -3.22. The molecule has 0 amide bonds. The summed E-state index contributed by atoms with van der Waals surface area (Å²) in [6.07, 6.45) is 9.60. The molecule has 6 nitrogen and oxygen atoms in total. The Kier molecular flexibility index (Phi) is 10.4. The fraction of sp³-hybridized carbons (Fsp3) is 0.667. The lowest BCUT2D eigenvalue weighted by molar-refractivity contribution is -0.384. The molecule has 1 aromatic rings. The molecule has 0 aliphatic carbocycles. The average molecular weight is 371 g/mol. The molecule has 0 saturated carbocycles. The molecule has 142 valence electrons. The lowest BCUT2D eigenvalue weighted by atomic mass is 10.1. The monoisotopic (exact) mass is 371 g/mol. The van der Waals surface area contributed by atoms with Gasteiger partial charge < -0.3 is 9.05 Å². The predicted octanol–water partition coefficient (Wildman–Crippen LogP) is 6.34. The van der Waals surface area contributed by atoms with Crippen molar-refractivity contribution in [2.45, 2.75) is 65.2 Å². The molecule has 0 heterocycles. The van der Waals surface area contributed by atoms with Crippen LogP contribution in [0.3, 0.4) is 0 Å². The maximum absolute atomic E-state index is 12.8. The first-order valence-corrected chi connectivity index (χ1v) is 10.9. The summed E-state index contributed by atoms with van der Waals surface area (Å²) in [5.41, 5.74) is -0.0262. The van der Waals surface area contributed by atoms with Crippen LogP contribution in [0.2, 0.25) is 0 Å². The van der Waals surface area contributed by atoms with E-state index in [1.165, 1.54) is 56.4 Å². The first kappa shape index (κ1) is 21.7. The standard InChI is InChI=1S/C18H30NO5P/c1-3-5-6-7-8-9-10-11-16-25(22,23-4-2)24-18-14-12-17(13-15-18)19(20)21/h12-15H,3-11,16H2,1-2H3. The fourth-order valence-electron chi connectivity index (χ4n) is 2.56. The molecule has 7 heteroatoms. The summed E-state index contributed by atoms with van der Waals surface area (Å²) in [7, 11) is -3.22. The number of rotatable bonds is 14. The van der Waals surface area contributed by atoms with Crippen LogP contribution in [0.15, 0.2) is 24.3 Å². The highest BCUT2D eigenvalue weighted by Crippen LogP contribution is 2.49. The third-order valence-electron chi connectivity index (χ3n) is 3.90. The zero-order valence-electron chi connectivity index (χ0n) is 15.3. The van der Waals surface area contributed by atoms with E-state index in [1.807, 2.05) is 0 Å². The molecule has 0 aromatic heterocycles. The third kappa shape index (κ3) is 9.03. The summed E-state index contributed by atoms with van der Waals surface area (Å²) in [6.45, 7) is 4.29. The van der Waals surface area contributed by atoms with Crippen LogP contribution in [0, 0.1) is 10.1 Å². The second kappa shape index (κ2) is 12.0. The Morgan fingerprint density at radius 1 is 0.960 bits per heavy atom. The van der Waals surface area contributed by atoms with E-state index in [4.69, 9.17) is 9.05 Å². The highest BCUT2D eigenvalue weighted by molar-refractivity contribution is 7.54. The van der Waals surface area contributed by atoms with E-state index >= 15 is 0 Å². The summed E-state index contributed by atoms with van der Waals surface area (Å²) in [5.74, 6) is 0.335. The van der Waals surface area contributed by atoms with Crippen molar-refractivity contribution in [3.63, 3.8) is 0 Å². The zero-order chi connectivity index (χ0) is 18.5. The molecule has 0 saturated heterocycles. The molecule has 0 fully saturated rings. The highest BCUT2D eigenvalue weighted by Gasteiger charge is 2.25. The molecule has 1 rings (SSSR count). The zero-order valence-corrected chi connectivity index (χ0v) is 16.2. The van der Waals surface area contributed by atoms with Gasteiger partial charge in [-0.05, 0) is 25.5 Å². The van der Waals surface area contributed by atoms with Gasteiger partial charge in [-0.1, -0.05) is 51.9 Å². The molecule has 0 N–H and O–H groups in total. The summed E-state index contributed by atoms with van der Waals surface area (Å²) in [5, 5.41) is 10.7. The smallest absolute Gasteiger partial charge is 0.379 e. The number of non-ortho nitro benzene ring substituents is 1. The van der Waals surface area contributed by atoms with Gasteiger partial charge in [-0.15, -0.1) is 0 Å². The first-order chi connectivity index (χ1) is 12.0. The second-order valence-corrected chi connectivity index (χ2v) is 8.18. The predicted molar refractivity (Wildman–Crippen MR) is 100 cm³/mol. The summed E-state index contributed by atoms with van der Waals surface area (Å²) in [6, 6.07) is 5.58. The molecule has 1 unspecified atom stereocenters. The Hall–Kier alpha value is -1.39. The van der Waals surface area contributed by atoms with Crippen molar-refractivity contribution in [3.8, 4) is 5.75 Å². The maximum atomic E-state index is 12.8. The van der Waals surface area contributed by atoms with Crippen LogP contribution < -0.4 is 4.52 Å². The fourth-order valence-corrected chi connectivity index (χ4v) is 4.28. The quantitative estimate of drug-likeness (QED) is 0.165. The molecule has 0 aliphatic heterocycles. The van der Waals surface area contributed by atoms with E-state index in [2.05, 4.69) is 6.92 Å². The van der Waals surface area contributed by atoms with Crippen molar-refractivity contribution in [2.24, 2.45) is 0 Å². The Morgan fingerprint density at radius 3 is 2.04 bits per heavy atom. The molecule has 0 bridgehead atoms. The van der Waals surface area contributed by atoms with E-state index in [0.29, 0.717) is 18.5 Å². The number of hydrogen-bond acceptors (Lipinski definition) is 5. The maximum Gasteiger partial charge on any atom is 0.379 e. The van der Waals surface area contributed by atoms with Crippen LogP contribution in [0.4, 0.5) is 5.69 Å². The van der Waals surface area contributed by atoms with Crippen LogP contribution >= 0.6 is 7.60 Å². The molecule has 1 atom stereocenters. The average Bonchev–Trinajstić information content (AvgIpc) is 2.58. The topological polar surface area (TPSA) is 78.7 Å². The van der Waals surface area contributed by atoms with Gasteiger partial charge in [0.1, 0.15) is 5.75 Å². The number of nitro benzene ring substituents is 1. The van der Waals surface area contributed by atoms with Crippen LogP contribution in [0.5, 0.6) is 5.75 Å². The largest absolute Gasteiger partial charge is 0.424 e. The minimum absolute atomic E-state index is 0.0262. The highest BCUT2D eigenvalue weighted by atomic mass is 31.2. The van der Waals surface area contributed by atoms with Crippen LogP contribution in [-0.2, 0) is 9.09 Å². The van der Waals surface area contributed by atoms with E-state index in [1.54, 1.807) is 6.92 Å². The SMILES string of the molecule is CCCCCCCCCCP(=O)(OCC)Oc1ccc([N+](=O)[O-])cc1. The van der Waals surface area contributed by atoms with Crippen LogP contribution in [-0.4, -0.2) is 17.7 Å². The lowest BCUT2D eigenvalue weighted by Gasteiger charge is -2.18. The first-order valence-electron chi connectivity index (χ1n) is 9.18. The van der Waals surface area contributed by atoms with Gasteiger partial charge in [0.15, 0.2) is 0 Å². The molecule has 1 aromatic carbocycles. The number of benzene rings is 1. The van der Waals surface area contributed by atoms with Crippen molar-refractivity contribution in [2.75, 3.05) is 12.8 Å². The number of unbranched alkanes of at least 4 members (excludes halogenated alkanes) is 7. The Balaban J connectivity index is 2.42. The van der Waals surface area contributed by atoms with E-state index in [0.717, 1.165) is 19.3 Å². The van der Waals surface area contributed by atoms with Gasteiger partial charge in [0, 0.05) is 12.1 Å². The van der Waals surface area contributed by atoms with Gasteiger partial charge in [0.25, 0.3) is 5.69 Å². The van der Waals surface area contributed by atoms with Crippen molar-refractivity contribution < 1.29 is 18.5 Å². The van der Waals surface area contributed by atoms with Crippen LogP contribution in [0.1, 0.15) is 65.2 Å². The van der Waals surface area contributed by atoms with E-state index < -0.39 is 12.5 Å². The van der Waals surface area contributed by atoms with E-state index in [-0.39, 0.29) is 5.69 Å². The van der Waals surface area contributed by atoms with Gasteiger partial charge in [0.05, 0.1) is 17.7 Å². The number of nitrogens with zero attached hydrogens (tertiary/aromatic N) is 1. The van der Waals surface area contributed by atoms with Crippen molar-refractivity contribution in [1.82, 2.24) is 0 Å². The third-order valence-corrected chi connectivity index (χ3v) is 5.91. The Labute approximate surface area is 150 Å². The normalized spacial score (nSPS) is 13.4. The second-order valence-electron chi connectivity index (χ2n) is 6.07. The lowest BCUT2D eigenvalue weighted by Crippen LogP contribution is -2.03. The molecule has 25 heavy (non-hydrogen) atoms. The summed E-state index contributed by atoms with van der Waals surface area (Å²) in [4.78, 5) is 10.2. The molecular weight excluding hydrogens is 341 g/mol. The van der Waals surface area contributed by atoms with Crippen molar-refractivity contribution in [3.05, 3.63) is 34.4 Å². The van der Waals surface area contributed by atoms with Gasteiger partial charge in [-0.25, -0.2) is 4.57 Å². The van der Waals surface area contributed by atoms with Gasteiger partial charge >= 0.3 is 7.60 Å².